The molecule has 2 bridgehead atoms. The van der Waals surface area contributed by atoms with Crippen LogP contribution in [0.3, 0.4) is 0 Å². The second-order valence-corrected chi connectivity index (χ2v) is 3.28. The van der Waals surface area contributed by atoms with Gasteiger partial charge >= 0.3 is 0 Å². The summed E-state index contributed by atoms with van der Waals surface area (Å²) in [7, 11) is 3.87. The van der Waals surface area contributed by atoms with Crippen LogP contribution in [-0.4, -0.2) is 19.1 Å². The molecule has 2 rings (SSSR count). The number of rotatable bonds is 1. The van der Waals surface area contributed by atoms with Gasteiger partial charge in [-0.05, 0) is 7.05 Å². The maximum atomic E-state index is 5.34. The second-order valence-electron chi connectivity index (χ2n) is 3.28. The van der Waals surface area contributed by atoms with Crippen LogP contribution < -0.4 is 4.74 Å². The molecule has 64 valence electrons. The largest absolute Gasteiger partial charge is 0.496 e. The van der Waals surface area contributed by atoms with Gasteiger partial charge < -0.3 is 4.74 Å². The molecular weight excluding hydrogens is 150 g/mol. The molecule has 0 unspecified atom stereocenters. The van der Waals surface area contributed by atoms with Crippen molar-refractivity contribution in [2.24, 2.45) is 0 Å². The Hall–Kier alpha value is -1.02. The van der Waals surface area contributed by atoms with Gasteiger partial charge in [0, 0.05) is 24.2 Å². The van der Waals surface area contributed by atoms with E-state index in [1.807, 2.05) is 0 Å². The van der Waals surface area contributed by atoms with Crippen molar-refractivity contribution in [3.8, 4) is 5.75 Å². The monoisotopic (exact) mass is 163 g/mol. The third-order valence-corrected chi connectivity index (χ3v) is 2.26. The van der Waals surface area contributed by atoms with Crippen LogP contribution in [-0.2, 0) is 13.1 Å². The molecule has 0 saturated heterocycles. The number of hydrogen-bond acceptors (Lipinski definition) is 2. The highest BCUT2D eigenvalue weighted by molar-refractivity contribution is 5.43. The third kappa shape index (κ3) is 1.08. The van der Waals surface area contributed by atoms with E-state index in [1.165, 1.54) is 11.1 Å². The summed E-state index contributed by atoms with van der Waals surface area (Å²) in [6.07, 6.45) is 0. The lowest BCUT2D eigenvalue weighted by Crippen LogP contribution is -2.22. The van der Waals surface area contributed by atoms with Crippen molar-refractivity contribution < 1.29 is 4.74 Å². The molecule has 1 heterocycles. The summed E-state index contributed by atoms with van der Waals surface area (Å²) in [5.41, 5.74) is 2.59. The van der Waals surface area contributed by atoms with Crippen molar-refractivity contribution in [1.29, 1.82) is 0 Å². The minimum atomic E-state index is 0.997. The minimum absolute atomic E-state index is 0.997. The Morgan fingerprint density at radius 3 is 2.33 bits per heavy atom. The molecule has 1 aliphatic heterocycles. The first kappa shape index (κ1) is 7.62. The molecule has 0 radical (unpaired) electrons. The van der Waals surface area contributed by atoms with Gasteiger partial charge in [-0.2, -0.15) is 0 Å². The van der Waals surface area contributed by atoms with Crippen LogP contribution in [0.2, 0.25) is 0 Å². The zero-order chi connectivity index (χ0) is 8.55. The Balaban J connectivity index is 2.48. The van der Waals surface area contributed by atoms with E-state index in [9.17, 15) is 0 Å². The number of fused-ring (bicyclic) bond motifs is 2. The summed E-state index contributed by atoms with van der Waals surface area (Å²) in [6.45, 7) is 1.99. The average Bonchev–Trinajstić information content (AvgIpc) is 2.02. The Bertz CT molecular complexity index is 272. The maximum absolute atomic E-state index is 5.34. The van der Waals surface area contributed by atoms with Gasteiger partial charge in [-0.3, -0.25) is 4.90 Å². The number of para-hydroxylation sites is 1. The highest BCUT2D eigenvalue weighted by Crippen LogP contribution is 2.30. The van der Waals surface area contributed by atoms with Crippen molar-refractivity contribution in [1.82, 2.24) is 4.90 Å². The molecule has 1 aromatic rings. The van der Waals surface area contributed by atoms with Gasteiger partial charge in [0.05, 0.1) is 7.11 Å². The summed E-state index contributed by atoms with van der Waals surface area (Å²) in [5.74, 6) is 1.08. The fourth-order valence-corrected chi connectivity index (χ4v) is 1.79. The quantitative estimate of drug-likeness (QED) is 0.624. The van der Waals surface area contributed by atoms with Gasteiger partial charge in [0.2, 0.25) is 0 Å². The first-order valence-corrected chi connectivity index (χ1v) is 4.14. The highest BCUT2D eigenvalue weighted by atomic mass is 16.5. The van der Waals surface area contributed by atoms with Crippen LogP contribution in [0.25, 0.3) is 0 Å². The lowest BCUT2D eigenvalue weighted by Gasteiger charge is -2.26. The van der Waals surface area contributed by atoms with E-state index in [0.29, 0.717) is 0 Å². The van der Waals surface area contributed by atoms with E-state index >= 15 is 0 Å². The van der Waals surface area contributed by atoms with Crippen LogP contribution in [0.5, 0.6) is 5.75 Å². The van der Waals surface area contributed by atoms with E-state index in [2.05, 4.69) is 30.1 Å². The van der Waals surface area contributed by atoms with E-state index in [4.69, 9.17) is 4.74 Å². The summed E-state index contributed by atoms with van der Waals surface area (Å²) in [6, 6.07) is 6.34. The van der Waals surface area contributed by atoms with Crippen molar-refractivity contribution in [2.45, 2.75) is 13.1 Å². The van der Waals surface area contributed by atoms with Crippen LogP contribution in [0.15, 0.2) is 18.2 Å². The molecule has 0 N–H and O–H groups in total. The number of benzene rings is 1. The number of ether oxygens (including phenoxy) is 1. The van der Waals surface area contributed by atoms with Crippen molar-refractivity contribution >= 4 is 0 Å². The molecule has 2 heteroatoms. The Morgan fingerprint density at radius 1 is 1.25 bits per heavy atom. The summed E-state index contributed by atoms with van der Waals surface area (Å²) in [4.78, 5) is 2.28. The zero-order valence-electron chi connectivity index (χ0n) is 7.50. The molecule has 2 nitrogen and oxygen atoms in total. The third-order valence-electron chi connectivity index (χ3n) is 2.26. The van der Waals surface area contributed by atoms with Crippen LogP contribution >= 0.6 is 0 Å². The van der Waals surface area contributed by atoms with Gasteiger partial charge in [-0.1, -0.05) is 18.2 Å². The summed E-state index contributed by atoms with van der Waals surface area (Å²) < 4.78 is 5.34. The molecule has 12 heavy (non-hydrogen) atoms. The zero-order valence-corrected chi connectivity index (χ0v) is 7.50. The van der Waals surface area contributed by atoms with Crippen LogP contribution in [0, 0.1) is 0 Å². The predicted molar refractivity (Wildman–Crippen MR) is 48.2 cm³/mol. The molecule has 1 aliphatic rings. The van der Waals surface area contributed by atoms with Gasteiger partial charge in [0.1, 0.15) is 5.75 Å². The summed E-state index contributed by atoms with van der Waals surface area (Å²) >= 11 is 0. The van der Waals surface area contributed by atoms with Gasteiger partial charge in [-0.25, -0.2) is 0 Å². The first-order chi connectivity index (χ1) is 5.81. The summed E-state index contributed by atoms with van der Waals surface area (Å²) in [5, 5.41) is 0. The Morgan fingerprint density at radius 2 is 1.83 bits per heavy atom. The normalized spacial score (nSPS) is 16.2. The van der Waals surface area contributed by atoms with Gasteiger partial charge in [0.25, 0.3) is 0 Å². The van der Waals surface area contributed by atoms with E-state index < -0.39 is 0 Å². The van der Waals surface area contributed by atoms with Gasteiger partial charge in [0.15, 0.2) is 0 Å². The van der Waals surface area contributed by atoms with Crippen LogP contribution in [0.4, 0.5) is 0 Å². The Labute approximate surface area is 72.8 Å². The number of hydrogen-bond donors (Lipinski definition) is 0. The minimum Gasteiger partial charge on any atom is -0.496 e. The predicted octanol–water partition coefficient (Wildman–Crippen LogP) is 1.64. The van der Waals surface area contributed by atoms with Crippen molar-refractivity contribution in [3.05, 3.63) is 29.3 Å². The topological polar surface area (TPSA) is 12.5 Å². The lowest BCUT2D eigenvalue weighted by molar-refractivity contribution is 0.282. The molecule has 0 saturated carbocycles. The average molecular weight is 163 g/mol. The SMILES string of the molecule is COc1c2cccc1CN(C)C2. The Kier molecular flexibility index (Phi) is 1.77. The maximum Gasteiger partial charge on any atom is 0.127 e. The molecular formula is C10H13NO. The second kappa shape index (κ2) is 2.79. The molecule has 0 amide bonds. The molecule has 0 aliphatic carbocycles. The fraction of sp³-hybridized carbons (Fsp3) is 0.400. The number of methoxy groups -OCH3 is 1. The van der Waals surface area contributed by atoms with Crippen LogP contribution in [0.1, 0.15) is 11.1 Å². The molecule has 0 atom stereocenters. The van der Waals surface area contributed by atoms with E-state index in [1.54, 1.807) is 7.11 Å². The molecule has 0 fully saturated rings. The number of nitrogens with zero attached hydrogens (tertiary/aromatic N) is 1. The molecule has 1 aromatic carbocycles. The molecule has 0 aromatic heterocycles. The fourth-order valence-electron chi connectivity index (χ4n) is 1.79. The molecule has 0 spiro atoms. The highest BCUT2D eigenvalue weighted by Gasteiger charge is 2.16. The van der Waals surface area contributed by atoms with Crippen molar-refractivity contribution in [2.75, 3.05) is 14.2 Å². The lowest BCUT2D eigenvalue weighted by atomic mass is 10.0. The smallest absolute Gasteiger partial charge is 0.127 e. The van der Waals surface area contributed by atoms with E-state index in [0.717, 1.165) is 18.8 Å². The first-order valence-electron chi connectivity index (χ1n) is 4.14. The standard InChI is InChI=1S/C10H13NO/c1-11-6-8-4-3-5-9(7-11)10(8)12-2/h3-5H,6-7H2,1-2H3. The van der Waals surface area contributed by atoms with E-state index in [-0.39, 0.29) is 0 Å². The van der Waals surface area contributed by atoms with Gasteiger partial charge in [-0.15, -0.1) is 0 Å². The van der Waals surface area contributed by atoms with Crippen molar-refractivity contribution in [3.63, 3.8) is 0 Å².